The minimum Gasteiger partial charge on any atom is -0.858 e. The van der Waals surface area contributed by atoms with E-state index in [0.29, 0.717) is 20.3 Å². The number of hydrogen-bond acceptors (Lipinski definition) is 3. The predicted octanol–water partition coefficient (Wildman–Crippen LogP) is 3.92. The molecule has 0 N–H and O–H groups in total. The molecule has 0 saturated carbocycles. The molecule has 0 radical (unpaired) electrons. The van der Waals surface area contributed by atoms with Crippen LogP contribution in [0.2, 0.25) is 0 Å². The normalized spacial score (nSPS) is 12.5. The van der Waals surface area contributed by atoms with Crippen LogP contribution in [0.25, 0.3) is 0 Å². The van der Waals surface area contributed by atoms with E-state index in [1.807, 2.05) is 35.6 Å². The molecular weight excluding hydrogens is 667 g/mol. The van der Waals surface area contributed by atoms with Gasteiger partial charge in [0.25, 0.3) is 10.0 Å². The molecule has 0 bridgehead atoms. The van der Waals surface area contributed by atoms with Gasteiger partial charge >= 0.3 is 0 Å². The van der Waals surface area contributed by atoms with E-state index in [9.17, 15) is 13.5 Å². The highest BCUT2D eigenvalue weighted by Gasteiger charge is 2.19. The van der Waals surface area contributed by atoms with Gasteiger partial charge in [0.05, 0.1) is 4.90 Å². The SMILES string of the molecule is Cc1cc(C)c(S(=O)(=O)/N=C(\[O-])c2cc(I)cc(I)c2I)c(C)c1. The lowest BCUT2D eigenvalue weighted by Gasteiger charge is -2.16. The second kappa shape index (κ2) is 7.74. The molecule has 2 rings (SSSR count). The number of rotatable bonds is 3. The molecule has 2 aromatic rings. The van der Waals surface area contributed by atoms with Crippen molar-refractivity contribution in [3.05, 3.63) is 57.2 Å². The monoisotopic (exact) mass is 680 g/mol. The molecule has 0 aliphatic rings. The number of sulfonamides is 1. The molecule has 0 atom stereocenters. The maximum atomic E-state index is 12.7. The highest BCUT2D eigenvalue weighted by atomic mass is 127. The molecule has 0 heterocycles. The molecule has 128 valence electrons. The minimum atomic E-state index is -4.06. The summed E-state index contributed by atoms with van der Waals surface area (Å²) in [5, 5.41) is 12.5. The molecule has 0 aliphatic carbocycles. The van der Waals surface area contributed by atoms with Crippen molar-refractivity contribution in [1.82, 2.24) is 0 Å². The van der Waals surface area contributed by atoms with Gasteiger partial charge in [0.2, 0.25) is 0 Å². The summed E-state index contributed by atoms with van der Waals surface area (Å²) >= 11 is 6.24. The molecule has 0 aliphatic heterocycles. The summed E-state index contributed by atoms with van der Waals surface area (Å²) in [5.41, 5.74) is 2.46. The average Bonchev–Trinajstić information content (AvgIpc) is 2.40. The van der Waals surface area contributed by atoms with Crippen LogP contribution in [0.4, 0.5) is 0 Å². The quantitative estimate of drug-likeness (QED) is 0.214. The molecule has 0 amide bonds. The molecule has 4 nitrogen and oxygen atoms in total. The Bertz CT molecular complexity index is 930. The lowest BCUT2D eigenvalue weighted by Crippen LogP contribution is -2.23. The summed E-state index contributed by atoms with van der Waals surface area (Å²) < 4.78 is 31.3. The fourth-order valence-corrected chi connectivity index (χ4v) is 6.22. The molecule has 2 aromatic carbocycles. The fourth-order valence-electron chi connectivity index (χ4n) is 2.49. The van der Waals surface area contributed by atoms with E-state index in [4.69, 9.17) is 0 Å². The smallest absolute Gasteiger partial charge is 0.282 e. The lowest BCUT2D eigenvalue weighted by molar-refractivity contribution is -0.212. The Hall–Kier alpha value is 0.0500. The van der Waals surface area contributed by atoms with Crippen molar-refractivity contribution in [3.63, 3.8) is 0 Å². The van der Waals surface area contributed by atoms with Crippen LogP contribution in [0.5, 0.6) is 0 Å². The van der Waals surface area contributed by atoms with E-state index < -0.39 is 15.9 Å². The maximum Gasteiger partial charge on any atom is 0.282 e. The van der Waals surface area contributed by atoms with Crippen LogP contribution < -0.4 is 5.11 Å². The van der Waals surface area contributed by atoms with Gasteiger partial charge in [0, 0.05) is 22.2 Å². The highest BCUT2D eigenvalue weighted by molar-refractivity contribution is 14.1. The standard InChI is InChI=1S/C16H14I3NO3S/c1-8-4-9(2)15(10(3)5-8)24(22,23)20-16(21)12-6-11(17)7-13(18)14(12)19/h4-7H,1-3H3,(H,20,21)/p-1. The van der Waals surface area contributed by atoms with E-state index in [-0.39, 0.29) is 4.90 Å². The Kier molecular flexibility index (Phi) is 6.57. The van der Waals surface area contributed by atoms with E-state index in [2.05, 4.69) is 49.6 Å². The first kappa shape index (κ1) is 20.4. The Morgan fingerprint density at radius 1 is 1.00 bits per heavy atom. The summed E-state index contributed by atoms with van der Waals surface area (Å²) in [6.07, 6.45) is 0. The summed E-state index contributed by atoms with van der Waals surface area (Å²) in [7, 11) is -4.06. The number of hydrogen-bond donors (Lipinski definition) is 0. The first-order chi connectivity index (χ1) is 11.0. The van der Waals surface area contributed by atoms with Crippen molar-refractivity contribution in [2.45, 2.75) is 25.7 Å². The zero-order valence-corrected chi connectivity index (χ0v) is 20.3. The van der Waals surface area contributed by atoms with Gasteiger partial charge < -0.3 is 5.11 Å². The molecule has 0 spiro atoms. The van der Waals surface area contributed by atoms with Crippen LogP contribution in [-0.4, -0.2) is 14.3 Å². The zero-order valence-electron chi connectivity index (χ0n) is 13.0. The molecule has 8 heteroatoms. The molecule has 0 unspecified atom stereocenters. The first-order valence-electron chi connectivity index (χ1n) is 6.77. The Balaban J connectivity index is 2.62. The van der Waals surface area contributed by atoms with E-state index in [1.165, 1.54) is 0 Å². The molecule has 0 saturated heterocycles. The second-order valence-corrected chi connectivity index (χ2v) is 10.4. The van der Waals surface area contributed by atoms with Crippen LogP contribution in [0.3, 0.4) is 0 Å². The van der Waals surface area contributed by atoms with Gasteiger partial charge in [0.1, 0.15) is 0 Å². The van der Waals surface area contributed by atoms with Crippen LogP contribution in [0.15, 0.2) is 33.6 Å². The Morgan fingerprint density at radius 3 is 2.08 bits per heavy atom. The van der Waals surface area contributed by atoms with E-state index in [1.54, 1.807) is 32.0 Å². The molecule has 0 fully saturated rings. The summed E-state index contributed by atoms with van der Waals surface area (Å²) in [6.45, 7) is 5.32. The van der Waals surface area contributed by atoms with E-state index in [0.717, 1.165) is 12.7 Å². The van der Waals surface area contributed by atoms with Crippen LogP contribution >= 0.6 is 67.8 Å². The largest absolute Gasteiger partial charge is 0.858 e. The van der Waals surface area contributed by atoms with Crippen molar-refractivity contribution in [1.29, 1.82) is 0 Å². The molecule has 24 heavy (non-hydrogen) atoms. The Morgan fingerprint density at radius 2 is 1.54 bits per heavy atom. The fraction of sp³-hybridized carbons (Fsp3) is 0.188. The van der Waals surface area contributed by atoms with Gasteiger partial charge in [0.15, 0.2) is 0 Å². The van der Waals surface area contributed by atoms with Gasteiger partial charge in [-0.3, -0.25) is 0 Å². The van der Waals surface area contributed by atoms with Crippen LogP contribution in [0.1, 0.15) is 22.3 Å². The summed E-state index contributed by atoms with van der Waals surface area (Å²) in [6, 6.07) is 7.12. The van der Waals surface area contributed by atoms with Gasteiger partial charge in [-0.05, 0) is 112 Å². The first-order valence-corrected chi connectivity index (χ1v) is 11.5. The molecular formula is C16H13I3NO3S-. The van der Waals surface area contributed by atoms with Gasteiger partial charge in [-0.2, -0.15) is 12.8 Å². The van der Waals surface area contributed by atoms with Crippen molar-refractivity contribution in [2.24, 2.45) is 4.40 Å². The third-order valence-corrected chi connectivity index (χ3v) is 8.52. The summed E-state index contributed by atoms with van der Waals surface area (Å²) in [5.74, 6) is -0.741. The van der Waals surface area contributed by atoms with Crippen molar-refractivity contribution < 1.29 is 13.5 Å². The number of aryl methyl sites for hydroxylation is 3. The van der Waals surface area contributed by atoms with Crippen molar-refractivity contribution in [2.75, 3.05) is 0 Å². The third-order valence-electron chi connectivity index (χ3n) is 3.29. The second-order valence-electron chi connectivity index (χ2n) is 5.35. The topological polar surface area (TPSA) is 69.6 Å². The van der Waals surface area contributed by atoms with Gasteiger partial charge in [-0.15, -0.1) is 0 Å². The maximum absolute atomic E-state index is 12.7. The van der Waals surface area contributed by atoms with Gasteiger partial charge in [-0.1, -0.05) is 17.7 Å². The molecule has 0 aromatic heterocycles. The number of halogens is 3. The minimum absolute atomic E-state index is 0.108. The predicted molar refractivity (Wildman–Crippen MR) is 119 cm³/mol. The van der Waals surface area contributed by atoms with Crippen LogP contribution in [-0.2, 0) is 10.0 Å². The summed E-state index contributed by atoms with van der Waals surface area (Å²) in [4.78, 5) is 0.108. The zero-order chi connectivity index (χ0) is 18.2. The number of benzene rings is 2. The highest BCUT2D eigenvalue weighted by Crippen LogP contribution is 2.26. The lowest BCUT2D eigenvalue weighted by atomic mass is 10.1. The van der Waals surface area contributed by atoms with Crippen molar-refractivity contribution in [3.8, 4) is 0 Å². The van der Waals surface area contributed by atoms with Gasteiger partial charge in [-0.25, -0.2) is 0 Å². The Labute approximate surface area is 182 Å². The average molecular weight is 680 g/mol. The number of nitrogens with zero attached hydrogens (tertiary/aromatic N) is 1. The van der Waals surface area contributed by atoms with E-state index >= 15 is 0 Å². The van der Waals surface area contributed by atoms with Crippen molar-refractivity contribution >= 4 is 83.7 Å². The third kappa shape index (κ3) is 4.41. The van der Waals surface area contributed by atoms with Crippen LogP contribution in [0, 0.1) is 31.5 Å².